The van der Waals surface area contributed by atoms with Gasteiger partial charge in [-0.3, -0.25) is 4.79 Å². The van der Waals surface area contributed by atoms with Gasteiger partial charge in [0, 0.05) is 6.20 Å². The first-order chi connectivity index (χ1) is 9.47. The lowest BCUT2D eigenvalue weighted by Gasteiger charge is -2.14. The molecule has 1 atom stereocenters. The summed E-state index contributed by atoms with van der Waals surface area (Å²) >= 11 is 11.6. The Morgan fingerprint density at radius 3 is 2.50 bits per heavy atom. The van der Waals surface area contributed by atoms with Crippen LogP contribution in [0, 0.1) is 6.92 Å². The van der Waals surface area contributed by atoms with Crippen molar-refractivity contribution in [2.45, 2.75) is 19.9 Å². The Hall–Kier alpha value is -1.58. The lowest BCUT2D eigenvalue weighted by atomic mass is 10.1. The number of nitrogens with zero attached hydrogens (tertiary/aromatic N) is 1. The van der Waals surface area contributed by atoms with Crippen molar-refractivity contribution in [2.24, 2.45) is 0 Å². The fraction of sp³-hybridized carbons (Fsp3) is 0.200. The predicted octanol–water partition coefficient (Wildman–Crippen LogP) is 4.19. The number of carbonyl (C=O) groups excluding carboxylic acids is 1. The predicted molar refractivity (Wildman–Crippen MR) is 81.3 cm³/mol. The minimum absolute atomic E-state index is 0.0995. The Kier molecular flexibility index (Phi) is 4.63. The van der Waals surface area contributed by atoms with Gasteiger partial charge in [0.2, 0.25) is 0 Å². The summed E-state index contributed by atoms with van der Waals surface area (Å²) in [5, 5.41) is 3.35. The second kappa shape index (κ2) is 6.25. The van der Waals surface area contributed by atoms with E-state index >= 15 is 0 Å². The molecule has 1 unspecified atom stereocenters. The number of hydrogen-bond acceptors (Lipinski definition) is 2. The van der Waals surface area contributed by atoms with E-state index in [1.807, 2.05) is 38.1 Å². The van der Waals surface area contributed by atoms with E-state index in [4.69, 9.17) is 23.2 Å². The third kappa shape index (κ3) is 3.50. The molecular weight excluding hydrogens is 295 g/mol. The quantitative estimate of drug-likeness (QED) is 0.864. The Morgan fingerprint density at radius 1 is 1.25 bits per heavy atom. The maximum absolute atomic E-state index is 12.1. The first-order valence-corrected chi connectivity index (χ1v) is 6.91. The zero-order valence-electron chi connectivity index (χ0n) is 11.2. The number of nitrogens with one attached hydrogen (secondary N) is 1. The molecule has 0 spiro atoms. The van der Waals surface area contributed by atoms with Gasteiger partial charge in [-0.1, -0.05) is 53.0 Å². The number of carbonyl (C=O) groups is 1. The van der Waals surface area contributed by atoms with Crippen LogP contribution in [0.15, 0.2) is 36.5 Å². The number of amides is 1. The Morgan fingerprint density at radius 2 is 1.90 bits per heavy atom. The number of pyridine rings is 1. The van der Waals surface area contributed by atoms with E-state index in [0.29, 0.717) is 5.56 Å². The highest BCUT2D eigenvalue weighted by Crippen LogP contribution is 2.20. The van der Waals surface area contributed by atoms with Crippen LogP contribution in [-0.2, 0) is 0 Å². The lowest BCUT2D eigenvalue weighted by Crippen LogP contribution is -2.26. The summed E-state index contributed by atoms with van der Waals surface area (Å²) in [6, 6.07) is 9.42. The Labute approximate surface area is 127 Å². The molecule has 2 aromatic rings. The van der Waals surface area contributed by atoms with Crippen LogP contribution in [0.25, 0.3) is 0 Å². The first kappa shape index (κ1) is 14.8. The lowest BCUT2D eigenvalue weighted by molar-refractivity contribution is 0.0939. The maximum atomic E-state index is 12.1. The van der Waals surface area contributed by atoms with Gasteiger partial charge in [0.1, 0.15) is 5.15 Å². The number of benzene rings is 1. The summed E-state index contributed by atoms with van der Waals surface area (Å²) < 4.78 is 0. The SMILES string of the molecule is Cc1ccc(C(C)NC(=O)c2cnc(Cl)c(Cl)c2)cc1. The molecule has 0 saturated heterocycles. The normalized spacial score (nSPS) is 12.0. The van der Waals surface area contributed by atoms with Crippen molar-refractivity contribution < 1.29 is 4.79 Å². The summed E-state index contributed by atoms with van der Waals surface area (Å²) in [4.78, 5) is 16.0. The second-order valence-electron chi connectivity index (χ2n) is 4.60. The number of aromatic nitrogens is 1. The molecule has 1 aromatic carbocycles. The molecule has 3 nitrogen and oxygen atoms in total. The van der Waals surface area contributed by atoms with Crippen molar-refractivity contribution in [1.82, 2.24) is 10.3 Å². The molecule has 104 valence electrons. The van der Waals surface area contributed by atoms with E-state index < -0.39 is 0 Å². The van der Waals surface area contributed by atoms with Gasteiger partial charge in [0.05, 0.1) is 16.6 Å². The van der Waals surface area contributed by atoms with Crippen molar-refractivity contribution in [2.75, 3.05) is 0 Å². The standard InChI is InChI=1S/C15H14Cl2N2O/c1-9-3-5-11(6-4-9)10(2)19-15(20)12-7-13(16)14(17)18-8-12/h3-8,10H,1-2H3,(H,19,20). The van der Waals surface area contributed by atoms with Crippen LogP contribution in [0.5, 0.6) is 0 Å². The Bertz CT molecular complexity index is 626. The molecule has 1 amide bonds. The molecular formula is C15H14Cl2N2O. The van der Waals surface area contributed by atoms with Crippen LogP contribution >= 0.6 is 23.2 Å². The van der Waals surface area contributed by atoms with Crippen molar-refractivity contribution in [3.63, 3.8) is 0 Å². The molecule has 0 fully saturated rings. The molecule has 2 rings (SSSR count). The van der Waals surface area contributed by atoms with Gasteiger partial charge < -0.3 is 5.32 Å². The van der Waals surface area contributed by atoms with E-state index in [0.717, 1.165) is 5.56 Å². The molecule has 1 heterocycles. The molecule has 0 aliphatic carbocycles. The summed E-state index contributed by atoms with van der Waals surface area (Å²) in [7, 11) is 0. The average Bonchev–Trinajstić information content (AvgIpc) is 2.42. The fourth-order valence-electron chi connectivity index (χ4n) is 1.76. The zero-order chi connectivity index (χ0) is 14.7. The number of hydrogen-bond donors (Lipinski definition) is 1. The highest BCUT2D eigenvalue weighted by molar-refractivity contribution is 6.41. The molecule has 1 N–H and O–H groups in total. The monoisotopic (exact) mass is 308 g/mol. The summed E-state index contributed by atoms with van der Waals surface area (Å²) in [6.45, 7) is 3.95. The second-order valence-corrected chi connectivity index (χ2v) is 5.37. The van der Waals surface area contributed by atoms with Crippen molar-refractivity contribution in [3.05, 3.63) is 63.4 Å². The molecule has 0 aliphatic heterocycles. The third-order valence-corrected chi connectivity index (χ3v) is 3.67. The molecule has 20 heavy (non-hydrogen) atoms. The third-order valence-electron chi connectivity index (χ3n) is 2.98. The highest BCUT2D eigenvalue weighted by atomic mass is 35.5. The minimum Gasteiger partial charge on any atom is -0.345 e. The van der Waals surface area contributed by atoms with Crippen molar-refractivity contribution in [3.8, 4) is 0 Å². The molecule has 1 aromatic heterocycles. The number of aryl methyl sites for hydroxylation is 1. The molecule has 0 bridgehead atoms. The molecule has 0 saturated carbocycles. The molecule has 5 heteroatoms. The smallest absolute Gasteiger partial charge is 0.253 e. The molecule has 0 radical (unpaired) electrons. The number of rotatable bonds is 3. The van der Waals surface area contributed by atoms with Gasteiger partial charge >= 0.3 is 0 Å². The van der Waals surface area contributed by atoms with Gasteiger partial charge in [-0.05, 0) is 25.5 Å². The topological polar surface area (TPSA) is 42.0 Å². The highest BCUT2D eigenvalue weighted by Gasteiger charge is 2.13. The Balaban J connectivity index is 2.10. The van der Waals surface area contributed by atoms with E-state index in [2.05, 4.69) is 10.3 Å². The van der Waals surface area contributed by atoms with Gasteiger partial charge in [0.25, 0.3) is 5.91 Å². The largest absolute Gasteiger partial charge is 0.345 e. The van der Waals surface area contributed by atoms with Gasteiger partial charge in [0.15, 0.2) is 0 Å². The van der Waals surface area contributed by atoms with Gasteiger partial charge in [-0.25, -0.2) is 4.98 Å². The van der Waals surface area contributed by atoms with Gasteiger partial charge in [-0.2, -0.15) is 0 Å². The zero-order valence-corrected chi connectivity index (χ0v) is 12.7. The van der Waals surface area contributed by atoms with Crippen LogP contribution in [0.4, 0.5) is 0 Å². The summed E-state index contributed by atoms with van der Waals surface area (Å²) in [5.74, 6) is -0.232. The van der Waals surface area contributed by atoms with E-state index in [-0.39, 0.29) is 22.1 Å². The van der Waals surface area contributed by atoms with Gasteiger partial charge in [-0.15, -0.1) is 0 Å². The van der Waals surface area contributed by atoms with E-state index in [1.165, 1.54) is 17.8 Å². The summed E-state index contributed by atoms with van der Waals surface area (Å²) in [6.07, 6.45) is 1.41. The average molecular weight is 309 g/mol. The van der Waals surface area contributed by atoms with Crippen LogP contribution < -0.4 is 5.32 Å². The minimum atomic E-state index is -0.232. The number of halogens is 2. The summed E-state index contributed by atoms with van der Waals surface area (Å²) in [5.41, 5.74) is 2.61. The van der Waals surface area contributed by atoms with E-state index in [1.54, 1.807) is 0 Å². The first-order valence-electron chi connectivity index (χ1n) is 6.16. The fourth-order valence-corrected chi connectivity index (χ4v) is 2.03. The maximum Gasteiger partial charge on any atom is 0.253 e. The van der Waals surface area contributed by atoms with Crippen molar-refractivity contribution in [1.29, 1.82) is 0 Å². The van der Waals surface area contributed by atoms with Crippen molar-refractivity contribution >= 4 is 29.1 Å². The van der Waals surface area contributed by atoms with Crippen LogP contribution in [0.1, 0.15) is 34.5 Å². The molecule has 0 aliphatic rings. The van der Waals surface area contributed by atoms with Crippen LogP contribution in [-0.4, -0.2) is 10.9 Å². The van der Waals surface area contributed by atoms with Crippen LogP contribution in [0.3, 0.4) is 0 Å². The van der Waals surface area contributed by atoms with Crippen LogP contribution in [0.2, 0.25) is 10.2 Å². The van der Waals surface area contributed by atoms with E-state index in [9.17, 15) is 4.79 Å².